The van der Waals surface area contributed by atoms with Gasteiger partial charge in [0.05, 0.1) is 0 Å². The van der Waals surface area contributed by atoms with E-state index in [4.69, 9.17) is 0 Å². The number of aryl methyl sites for hydroxylation is 1. The lowest BCUT2D eigenvalue weighted by Crippen LogP contribution is -2.35. The van der Waals surface area contributed by atoms with Crippen LogP contribution in [0.3, 0.4) is 0 Å². The van der Waals surface area contributed by atoms with Crippen LogP contribution in [0.4, 0.5) is 0 Å². The number of nitrogens with zero attached hydrogens (tertiary/aromatic N) is 2. The number of aromatic nitrogens is 2. The first kappa shape index (κ1) is 10.3. The molecule has 0 bridgehead atoms. The first-order valence-electron chi connectivity index (χ1n) is 6.52. The molecule has 1 aromatic heterocycles. The van der Waals surface area contributed by atoms with E-state index in [1.54, 1.807) is 0 Å². The van der Waals surface area contributed by atoms with Crippen molar-refractivity contribution >= 4 is 0 Å². The van der Waals surface area contributed by atoms with Crippen LogP contribution in [0.1, 0.15) is 37.8 Å². The summed E-state index contributed by atoms with van der Waals surface area (Å²) in [6, 6.07) is 2.24. The lowest BCUT2D eigenvalue weighted by atomic mass is 9.71. The van der Waals surface area contributed by atoms with Crippen molar-refractivity contribution in [1.82, 2.24) is 15.1 Å². The second-order valence-electron chi connectivity index (χ2n) is 5.39. The Morgan fingerprint density at radius 1 is 1.44 bits per heavy atom. The van der Waals surface area contributed by atoms with Gasteiger partial charge in [-0.05, 0) is 44.3 Å². The molecule has 3 nitrogen and oxygen atoms in total. The zero-order valence-corrected chi connectivity index (χ0v) is 10.1. The molecule has 1 saturated heterocycles. The van der Waals surface area contributed by atoms with Crippen molar-refractivity contribution in [2.24, 2.45) is 13.0 Å². The third-order valence-electron chi connectivity index (χ3n) is 4.67. The number of hydrogen-bond donors (Lipinski definition) is 1. The molecule has 88 valence electrons. The van der Waals surface area contributed by atoms with Gasteiger partial charge in [0.1, 0.15) is 0 Å². The Labute approximate surface area is 97.2 Å². The quantitative estimate of drug-likeness (QED) is 0.822. The van der Waals surface area contributed by atoms with Gasteiger partial charge in [-0.1, -0.05) is 12.8 Å². The molecule has 3 rings (SSSR count). The maximum atomic E-state index is 4.37. The highest BCUT2D eigenvalue weighted by molar-refractivity contribution is 5.21. The fraction of sp³-hybridized carbons (Fsp3) is 0.769. The van der Waals surface area contributed by atoms with Gasteiger partial charge in [-0.3, -0.25) is 4.68 Å². The van der Waals surface area contributed by atoms with Crippen LogP contribution < -0.4 is 5.32 Å². The smallest absolute Gasteiger partial charge is 0.0492 e. The van der Waals surface area contributed by atoms with Crippen LogP contribution in [0.2, 0.25) is 0 Å². The van der Waals surface area contributed by atoms with E-state index in [1.165, 1.54) is 50.9 Å². The minimum Gasteiger partial charge on any atom is -0.316 e. The largest absolute Gasteiger partial charge is 0.316 e. The minimum absolute atomic E-state index is 0.425. The fourth-order valence-electron chi connectivity index (χ4n) is 3.87. The van der Waals surface area contributed by atoms with E-state index in [-0.39, 0.29) is 0 Å². The van der Waals surface area contributed by atoms with E-state index >= 15 is 0 Å². The molecule has 2 fully saturated rings. The number of rotatable bonds is 2. The molecule has 0 radical (unpaired) electrons. The monoisotopic (exact) mass is 219 g/mol. The molecule has 1 saturated carbocycles. The third kappa shape index (κ3) is 1.41. The molecule has 16 heavy (non-hydrogen) atoms. The molecule has 0 spiro atoms. The van der Waals surface area contributed by atoms with Crippen LogP contribution in [0, 0.1) is 5.92 Å². The molecule has 1 N–H and O–H groups in total. The van der Waals surface area contributed by atoms with Crippen LogP contribution in [0.15, 0.2) is 12.3 Å². The van der Waals surface area contributed by atoms with Crippen molar-refractivity contribution in [2.75, 3.05) is 13.1 Å². The van der Waals surface area contributed by atoms with Crippen molar-refractivity contribution in [1.29, 1.82) is 0 Å². The molecule has 1 aromatic rings. The van der Waals surface area contributed by atoms with E-state index in [1.807, 2.05) is 6.20 Å². The molecule has 1 unspecified atom stereocenters. The fourth-order valence-corrected chi connectivity index (χ4v) is 3.87. The summed E-state index contributed by atoms with van der Waals surface area (Å²) in [6.07, 6.45) is 8.80. The van der Waals surface area contributed by atoms with Crippen LogP contribution in [0.5, 0.6) is 0 Å². The highest BCUT2D eigenvalue weighted by Crippen LogP contribution is 2.48. The van der Waals surface area contributed by atoms with Gasteiger partial charge in [0.25, 0.3) is 0 Å². The molecule has 0 amide bonds. The minimum atomic E-state index is 0.425. The predicted octanol–water partition coefficient (Wildman–Crippen LogP) is 1.84. The standard InChI is InChI=1S/C13H21N3/c1-16-12(5-9-15-16)13(6-2-3-7-13)11-4-8-14-10-11/h5,9,11,14H,2-4,6-8,10H2,1H3. The van der Waals surface area contributed by atoms with Crippen LogP contribution >= 0.6 is 0 Å². The first-order chi connectivity index (χ1) is 7.83. The Morgan fingerprint density at radius 2 is 2.25 bits per heavy atom. The molecule has 0 aromatic carbocycles. The SMILES string of the molecule is Cn1nccc1C1(C2CCNC2)CCCC1. The Balaban J connectivity index is 1.99. The summed E-state index contributed by atoms with van der Waals surface area (Å²) in [6.45, 7) is 2.40. The molecule has 1 atom stereocenters. The van der Waals surface area contributed by atoms with Gasteiger partial charge in [0.2, 0.25) is 0 Å². The molecule has 3 heteroatoms. The van der Waals surface area contributed by atoms with Crippen molar-refractivity contribution in [3.05, 3.63) is 18.0 Å². The molecular weight excluding hydrogens is 198 g/mol. The van der Waals surface area contributed by atoms with Gasteiger partial charge in [-0.25, -0.2) is 0 Å². The predicted molar refractivity (Wildman–Crippen MR) is 64.3 cm³/mol. The highest BCUT2D eigenvalue weighted by atomic mass is 15.3. The van der Waals surface area contributed by atoms with E-state index in [0.717, 1.165) is 5.92 Å². The second-order valence-corrected chi connectivity index (χ2v) is 5.39. The summed E-state index contributed by atoms with van der Waals surface area (Å²) >= 11 is 0. The summed E-state index contributed by atoms with van der Waals surface area (Å²) < 4.78 is 2.10. The summed E-state index contributed by atoms with van der Waals surface area (Å²) in [5, 5.41) is 7.90. The van der Waals surface area contributed by atoms with Crippen molar-refractivity contribution in [3.8, 4) is 0 Å². The van der Waals surface area contributed by atoms with Crippen molar-refractivity contribution in [3.63, 3.8) is 0 Å². The Kier molecular flexibility index (Phi) is 2.51. The lowest BCUT2D eigenvalue weighted by molar-refractivity contribution is 0.274. The average Bonchev–Trinajstić information content (AvgIpc) is 2.97. The maximum absolute atomic E-state index is 4.37. The van der Waals surface area contributed by atoms with E-state index < -0.39 is 0 Å². The average molecular weight is 219 g/mol. The van der Waals surface area contributed by atoms with Gasteiger partial charge in [0.15, 0.2) is 0 Å². The summed E-state index contributed by atoms with van der Waals surface area (Å²) in [5.74, 6) is 0.824. The molecule has 1 aliphatic carbocycles. The second kappa shape index (κ2) is 3.88. The lowest BCUT2D eigenvalue weighted by Gasteiger charge is -2.35. The maximum Gasteiger partial charge on any atom is 0.0492 e. The van der Waals surface area contributed by atoms with Crippen LogP contribution in [0.25, 0.3) is 0 Å². The van der Waals surface area contributed by atoms with E-state index in [0.29, 0.717) is 5.41 Å². The zero-order valence-electron chi connectivity index (χ0n) is 10.1. The third-order valence-corrected chi connectivity index (χ3v) is 4.67. The Morgan fingerprint density at radius 3 is 2.81 bits per heavy atom. The summed E-state index contributed by atoms with van der Waals surface area (Å²) in [5.41, 5.74) is 1.90. The van der Waals surface area contributed by atoms with Gasteiger partial charge < -0.3 is 5.32 Å². The van der Waals surface area contributed by atoms with Gasteiger partial charge >= 0.3 is 0 Å². The van der Waals surface area contributed by atoms with Crippen molar-refractivity contribution in [2.45, 2.75) is 37.5 Å². The topological polar surface area (TPSA) is 29.9 Å². The molecular formula is C13H21N3. The Hall–Kier alpha value is -0.830. The normalized spacial score (nSPS) is 28.7. The van der Waals surface area contributed by atoms with Crippen molar-refractivity contribution < 1.29 is 0 Å². The molecule has 2 heterocycles. The Bertz CT molecular complexity index is 357. The van der Waals surface area contributed by atoms with E-state index in [9.17, 15) is 0 Å². The number of hydrogen-bond acceptors (Lipinski definition) is 2. The molecule has 2 aliphatic rings. The molecule has 1 aliphatic heterocycles. The van der Waals surface area contributed by atoms with Gasteiger partial charge in [-0.15, -0.1) is 0 Å². The van der Waals surface area contributed by atoms with Gasteiger partial charge in [-0.2, -0.15) is 5.10 Å². The zero-order chi connectivity index (χ0) is 11.0. The van der Waals surface area contributed by atoms with Gasteiger partial charge in [0, 0.05) is 24.4 Å². The highest BCUT2D eigenvalue weighted by Gasteiger charge is 2.45. The first-order valence-corrected chi connectivity index (χ1v) is 6.52. The summed E-state index contributed by atoms with van der Waals surface area (Å²) in [7, 11) is 2.10. The van der Waals surface area contributed by atoms with Crippen LogP contribution in [-0.2, 0) is 12.5 Å². The van der Waals surface area contributed by atoms with Crippen LogP contribution in [-0.4, -0.2) is 22.9 Å². The summed E-state index contributed by atoms with van der Waals surface area (Å²) in [4.78, 5) is 0. The number of nitrogens with one attached hydrogen (secondary N) is 1. The van der Waals surface area contributed by atoms with E-state index in [2.05, 4.69) is 28.2 Å².